The molecule has 0 aliphatic heterocycles. The Bertz CT molecular complexity index is 245. The molecule has 0 saturated carbocycles. The average Bonchev–Trinajstić information content (AvgIpc) is 1.96. The van der Waals surface area contributed by atoms with Crippen LogP contribution in [-0.2, 0) is 19.1 Å². The van der Waals surface area contributed by atoms with Gasteiger partial charge in [-0.2, -0.15) is 0 Å². The fourth-order valence-corrected chi connectivity index (χ4v) is 0.990. The fraction of sp³-hybridized carbons (Fsp3) is 0.818. The number of carbonyl (C=O) groups is 2. The number of hydrogen-bond acceptors (Lipinski definition) is 4. The van der Waals surface area contributed by atoms with Crippen molar-refractivity contribution in [1.29, 1.82) is 0 Å². The second kappa shape index (κ2) is 5.17. The quantitative estimate of drug-likeness (QED) is 0.446. The predicted molar refractivity (Wildman–Crippen MR) is 64.4 cm³/mol. The molecule has 0 N–H and O–H groups in total. The smallest absolute Gasteiger partial charge is 0.331 e. The molecule has 0 saturated heterocycles. The van der Waals surface area contributed by atoms with Crippen molar-refractivity contribution in [1.82, 2.24) is 0 Å². The van der Waals surface area contributed by atoms with Crippen molar-refractivity contribution >= 4 is 27.9 Å². The van der Waals surface area contributed by atoms with Crippen LogP contribution in [0.4, 0.5) is 0 Å². The van der Waals surface area contributed by atoms with Gasteiger partial charge in [-0.1, -0.05) is 15.9 Å². The highest BCUT2D eigenvalue weighted by Gasteiger charge is 2.32. The van der Waals surface area contributed by atoms with Crippen LogP contribution < -0.4 is 0 Å². The SMILES string of the molecule is CC(C)(C)OC(=O)C(Br)C(=O)OC(C)(C)C. The van der Waals surface area contributed by atoms with E-state index in [1.54, 1.807) is 41.5 Å². The van der Waals surface area contributed by atoms with Gasteiger partial charge in [0.1, 0.15) is 11.2 Å². The minimum Gasteiger partial charge on any atom is -0.459 e. The van der Waals surface area contributed by atoms with Crippen molar-refractivity contribution in [2.45, 2.75) is 57.6 Å². The fourth-order valence-electron chi connectivity index (χ4n) is 0.803. The minimum atomic E-state index is -1.08. The Hall–Kier alpha value is -0.580. The van der Waals surface area contributed by atoms with Gasteiger partial charge in [0.25, 0.3) is 0 Å². The van der Waals surface area contributed by atoms with Gasteiger partial charge in [-0.05, 0) is 41.5 Å². The van der Waals surface area contributed by atoms with Crippen LogP contribution in [-0.4, -0.2) is 28.0 Å². The van der Waals surface area contributed by atoms with Gasteiger partial charge < -0.3 is 9.47 Å². The normalized spacial score (nSPS) is 12.5. The molecule has 0 aromatic carbocycles. The van der Waals surface area contributed by atoms with Gasteiger partial charge in [-0.15, -0.1) is 0 Å². The molecule has 16 heavy (non-hydrogen) atoms. The number of rotatable bonds is 2. The molecule has 0 aromatic rings. The highest BCUT2D eigenvalue weighted by molar-refractivity contribution is 9.10. The van der Waals surface area contributed by atoms with Crippen LogP contribution >= 0.6 is 15.9 Å². The van der Waals surface area contributed by atoms with Gasteiger partial charge in [0, 0.05) is 0 Å². The molecule has 0 unspecified atom stereocenters. The molecule has 0 rings (SSSR count). The highest BCUT2D eigenvalue weighted by atomic mass is 79.9. The van der Waals surface area contributed by atoms with E-state index in [0.29, 0.717) is 0 Å². The van der Waals surface area contributed by atoms with Crippen molar-refractivity contribution in [2.75, 3.05) is 0 Å². The molecular weight excluding hydrogens is 276 g/mol. The van der Waals surface area contributed by atoms with Crippen LogP contribution in [0, 0.1) is 0 Å². The Kier molecular flexibility index (Phi) is 4.98. The molecule has 0 radical (unpaired) electrons. The molecular formula is C11H19BrO4. The van der Waals surface area contributed by atoms with Crippen LogP contribution in [0.15, 0.2) is 0 Å². The summed E-state index contributed by atoms with van der Waals surface area (Å²) >= 11 is 2.96. The van der Waals surface area contributed by atoms with E-state index in [-0.39, 0.29) is 0 Å². The number of alkyl halides is 1. The summed E-state index contributed by atoms with van der Waals surface area (Å²) < 4.78 is 10.1. The predicted octanol–water partition coefficient (Wildman–Crippen LogP) is 2.43. The lowest BCUT2D eigenvalue weighted by Gasteiger charge is -2.24. The van der Waals surface area contributed by atoms with Gasteiger partial charge >= 0.3 is 11.9 Å². The number of ether oxygens (including phenoxy) is 2. The van der Waals surface area contributed by atoms with E-state index in [2.05, 4.69) is 15.9 Å². The van der Waals surface area contributed by atoms with Crippen LogP contribution in [0.25, 0.3) is 0 Å². The number of esters is 2. The monoisotopic (exact) mass is 294 g/mol. The number of hydrogen-bond donors (Lipinski definition) is 0. The van der Waals surface area contributed by atoms with Gasteiger partial charge in [0.15, 0.2) is 0 Å². The lowest BCUT2D eigenvalue weighted by atomic mass is 10.2. The maximum atomic E-state index is 11.5. The zero-order valence-electron chi connectivity index (χ0n) is 10.6. The molecule has 0 aromatic heterocycles. The van der Waals surface area contributed by atoms with Crippen LogP contribution in [0.5, 0.6) is 0 Å². The summed E-state index contributed by atoms with van der Waals surface area (Å²) in [6.07, 6.45) is 0. The molecule has 0 heterocycles. The van der Waals surface area contributed by atoms with Crippen molar-refractivity contribution in [3.05, 3.63) is 0 Å². The van der Waals surface area contributed by atoms with Gasteiger partial charge in [-0.3, -0.25) is 9.59 Å². The van der Waals surface area contributed by atoms with E-state index in [1.807, 2.05) is 0 Å². The van der Waals surface area contributed by atoms with Gasteiger partial charge in [0.2, 0.25) is 4.83 Å². The summed E-state index contributed by atoms with van der Waals surface area (Å²) in [5.41, 5.74) is -1.24. The molecule has 0 atom stereocenters. The zero-order chi connectivity index (χ0) is 13.1. The maximum absolute atomic E-state index is 11.5. The van der Waals surface area contributed by atoms with E-state index < -0.39 is 28.0 Å². The Morgan fingerprint density at radius 1 is 0.875 bits per heavy atom. The molecule has 0 spiro atoms. The standard InChI is InChI=1S/C11H19BrO4/c1-10(2,3)15-8(13)7(12)9(14)16-11(4,5)6/h7H,1-6H3. The minimum absolute atomic E-state index is 0.620. The second-order valence-electron chi connectivity index (χ2n) is 5.43. The van der Waals surface area contributed by atoms with Crippen LogP contribution in [0.2, 0.25) is 0 Å². The van der Waals surface area contributed by atoms with E-state index >= 15 is 0 Å². The van der Waals surface area contributed by atoms with Crippen molar-refractivity contribution in [3.63, 3.8) is 0 Å². The molecule has 4 nitrogen and oxygen atoms in total. The second-order valence-corrected chi connectivity index (χ2v) is 6.35. The molecule has 0 bridgehead atoms. The summed E-state index contributed by atoms with van der Waals surface area (Å²) in [5, 5.41) is 0. The Balaban J connectivity index is 4.40. The molecule has 0 aliphatic rings. The van der Waals surface area contributed by atoms with Gasteiger partial charge in [0.05, 0.1) is 0 Å². The topological polar surface area (TPSA) is 52.6 Å². The Labute approximate surface area is 105 Å². The van der Waals surface area contributed by atoms with Crippen molar-refractivity contribution in [2.24, 2.45) is 0 Å². The number of carbonyl (C=O) groups excluding carboxylic acids is 2. The molecule has 0 aliphatic carbocycles. The first kappa shape index (κ1) is 15.4. The van der Waals surface area contributed by atoms with Gasteiger partial charge in [-0.25, -0.2) is 0 Å². The lowest BCUT2D eigenvalue weighted by molar-refractivity contribution is -0.164. The first-order valence-corrected chi connectivity index (χ1v) is 5.94. The average molecular weight is 295 g/mol. The third-order valence-electron chi connectivity index (χ3n) is 1.23. The summed E-state index contributed by atoms with van der Waals surface area (Å²) in [7, 11) is 0. The summed E-state index contributed by atoms with van der Waals surface area (Å²) in [5.74, 6) is -1.27. The highest BCUT2D eigenvalue weighted by Crippen LogP contribution is 2.16. The third-order valence-corrected chi connectivity index (χ3v) is 1.98. The Morgan fingerprint density at radius 2 is 1.12 bits per heavy atom. The largest absolute Gasteiger partial charge is 0.459 e. The summed E-state index contributed by atoms with van der Waals surface area (Å²) in [6, 6.07) is 0. The molecule has 0 amide bonds. The number of halogens is 1. The van der Waals surface area contributed by atoms with E-state index in [0.717, 1.165) is 0 Å². The molecule has 94 valence electrons. The van der Waals surface area contributed by atoms with E-state index in [1.165, 1.54) is 0 Å². The van der Waals surface area contributed by atoms with E-state index in [9.17, 15) is 9.59 Å². The summed E-state index contributed by atoms with van der Waals surface area (Å²) in [4.78, 5) is 22.0. The zero-order valence-corrected chi connectivity index (χ0v) is 12.2. The van der Waals surface area contributed by atoms with Crippen molar-refractivity contribution < 1.29 is 19.1 Å². The first-order valence-electron chi connectivity index (χ1n) is 5.02. The molecule has 0 fully saturated rings. The first-order chi connectivity index (χ1) is 6.92. The summed E-state index contributed by atoms with van der Waals surface area (Å²) in [6.45, 7) is 10.4. The third kappa shape index (κ3) is 6.82. The van der Waals surface area contributed by atoms with Crippen LogP contribution in [0.3, 0.4) is 0 Å². The van der Waals surface area contributed by atoms with E-state index in [4.69, 9.17) is 9.47 Å². The van der Waals surface area contributed by atoms with Crippen molar-refractivity contribution in [3.8, 4) is 0 Å². The van der Waals surface area contributed by atoms with Crippen LogP contribution in [0.1, 0.15) is 41.5 Å². The maximum Gasteiger partial charge on any atom is 0.331 e. The Morgan fingerprint density at radius 3 is 1.31 bits per heavy atom. The lowest BCUT2D eigenvalue weighted by Crippen LogP contribution is -2.37. The molecule has 5 heteroatoms.